The van der Waals surface area contributed by atoms with Crippen LogP contribution in [0.1, 0.15) is 52.9 Å². The fraction of sp³-hybridized carbons (Fsp3) is 0.750. The summed E-state index contributed by atoms with van der Waals surface area (Å²) < 4.78 is 0. The number of hydrogen-bond donors (Lipinski definition) is 1. The van der Waals surface area contributed by atoms with E-state index in [0.29, 0.717) is 11.8 Å². The number of rotatable bonds is 2. The van der Waals surface area contributed by atoms with E-state index in [1.54, 1.807) is 0 Å². The van der Waals surface area contributed by atoms with Crippen molar-refractivity contribution >= 4 is 0 Å². The molecule has 0 aromatic rings. The summed E-state index contributed by atoms with van der Waals surface area (Å²) in [5.41, 5.74) is 2.59. The van der Waals surface area contributed by atoms with Crippen molar-refractivity contribution in [2.45, 2.75) is 52.9 Å². The Balaban J connectivity index is 0.000000686. The van der Waals surface area contributed by atoms with Crippen molar-refractivity contribution in [3.63, 3.8) is 0 Å². The van der Waals surface area contributed by atoms with Crippen molar-refractivity contribution in [3.8, 4) is 0 Å². The lowest BCUT2D eigenvalue weighted by Crippen LogP contribution is -2.31. The van der Waals surface area contributed by atoms with Gasteiger partial charge in [-0.05, 0) is 55.9 Å². The van der Waals surface area contributed by atoms with Gasteiger partial charge in [0.25, 0.3) is 0 Å². The summed E-state index contributed by atoms with van der Waals surface area (Å²) in [5, 5.41) is 9.22. The Bertz CT molecular complexity index is 277. The molecule has 0 saturated heterocycles. The molecule has 1 fully saturated rings. The predicted molar refractivity (Wildman–Crippen MR) is 74.9 cm³/mol. The first kappa shape index (κ1) is 14.5. The van der Waals surface area contributed by atoms with E-state index < -0.39 is 0 Å². The number of fused-ring (bicyclic) bond motifs is 1. The van der Waals surface area contributed by atoms with Gasteiger partial charge in [-0.25, -0.2) is 0 Å². The molecule has 2 aliphatic rings. The maximum absolute atomic E-state index is 9.22. The summed E-state index contributed by atoms with van der Waals surface area (Å²) in [7, 11) is 0. The lowest BCUT2D eigenvalue weighted by molar-refractivity contribution is 0.183. The summed E-state index contributed by atoms with van der Waals surface area (Å²) in [6, 6.07) is 0. The molecular weight excluding hydrogens is 208 g/mol. The van der Waals surface area contributed by atoms with Gasteiger partial charge in [0, 0.05) is 0 Å². The van der Waals surface area contributed by atoms with Gasteiger partial charge in [0.05, 0.1) is 6.61 Å². The minimum absolute atomic E-state index is 0.167. The third-order valence-electron chi connectivity index (χ3n) is 4.21. The van der Waals surface area contributed by atoms with Gasteiger partial charge in [0.2, 0.25) is 0 Å². The molecule has 1 saturated carbocycles. The van der Waals surface area contributed by atoms with E-state index in [9.17, 15) is 5.11 Å². The Kier molecular flexibility index (Phi) is 5.97. The Hall–Kier alpha value is -0.560. The van der Waals surface area contributed by atoms with E-state index >= 15 is 0 Å². The number of aliphatic hydroxyl groups is 1. The molecule has 0 bridgehead atoms. The first-order valence-electron chi connectivity index (χ1n) is 7.18. The second-order valence-electron chi connectivity index (χ2n) is 5.24. The first-order chi connectivity index (χ1) is 8.22. The Morgan fingerprint density at radius 3 is 2.71 bits per heavy atom. The van der Waals surface area contributed by atoms with Gasteiger partial charge in [-0.2, -0.15) is 0 Å². The zero-order chi connectivity index (χ0) is 12.8. The van der Waals surface area contributed by atoms with Crippen molar-refractivity contribution in [1.29, 1.82) is 0 Å². The van der Waals surface area contributed by atoms with Gasteiger partial charge in [-0.1, -0.05) is 38.5 Å². The molecule has 0 heterocycles. The molecule has 3 atom stereocenters. The van der Waals surface area contributed by atoms with Crippen LogP contribution in [0.25, 0.3) is 0 Å². The SMILES string of the molecule is C=C(CO)C1CCCC2CCC(C)=CC21.CC. The molecule has 0 aromatic carbocycles. The summed E-state index contributed by atoms with van der Waals surface area (Å²) >= 11 is 0. The van der Waals surface area contributed by atoms with Crippen LogP contribution in [-0.2, 0) is 0 Å². The molecule has 1 heteroatoms. The molecule has 1 N–H and O–H groups in total. The molecule has 3 unspecified atom stereocenters. The third kappa shape index (κ3) is 3.45. The molecular formula is C16H28O. The Labute approximate surface area is 107 Å². The predicted octanol–water partition coefficient (Wildman–Crippen LogP) is 4.33. The fourth-order valence-corrected chi connectivity index (χ4v) is 3.32. The average molecular weight is 236 g/mol. The smallest absolute Gasteiger partial charge is 0.0642 e. The third-order valence-corrected chi connectivity index (χ3v) is 4.21. The standard InChI is InChI=1S/C14H22O.C2H6/c1-10-6-7-12-4-3-5-13(11(2)9-15)14(12)8-10;1-2/h8,12-15H,2-7,9H2,1H3;1-2H3. The van der Waals surface area contributed by atoms with Crippen LogP contribution in [0.2, 0.25) is 0 Å². The zero-order valence-corrected chi connectivity index (χ0v) is 11.7. The lowest BCUT2D eigenvalue weighted by Gasteiger charge is -2.40. The highest BCUT2D eigenvalue weighted by atomic mass is 16.3. The van der Waals surface area contributed by atoms with E-state index in [0.717, 1.165) is 11.5 Å². The number of hydrogen-bond acceptors (Lipinski definition) is 1. The van der Waals surface area contributed by atoms with Crippen LogP contribution in [0.5, 0.6) is 0 Å². The van der Waals surface area contributed by atoms with Crippen LogP contribution < -0.4 is 0 Å². The Morgan fingerprint density at radius 1 is 1.35 bits per heavy atom. The number of aliphatic hydroxyl groups excluding tert-OH is 1. The topological polar surface area (TPSA) is 20.2 Å². The molecule has 98 valence electrons. The summed E-state index contributed by atoms with van der Waals surface area (Å²) in [6.07, 6.45) is 9.01. The van der Waals surface area contributed by atoms with Crippen LogP contribution >= 0.6 is 0 Å². The normalized spacial score (nSPS) is 31.8. The van der Waals surface area contributed by atoms with E-state index in [1.807, 2.05) is 13.8 Å². The van der Waals surface area contributed by atoms with Crippen molar-refractivity contribution in [1.82, 2.24) is 0 Å². The Morgan fingerprint density at radius 2 is 2.06 bits per heavy atom. The second kappa shape index (κ2) is 7.00. The minimum Gasteiger partial charge on any atom is -0.392 e. The van der Waals surface area contributed by atoms with E-state index in [-0.39, 0.29) is 6.61 Å². The van der Waals surface area contributed by atoms with Crippen LogP contribution in [0.3, 0.4) is 0 Å². The van der Waals surface area contributed by atoms with Gasteiger partial charge >= 0.3 is 0 Å². The zero-order valence-electron chi connectivity index (χ0n) is 11.7. The van der Waals surface area contributed by atoms with Crippen molar-refractivity contribution in [2.75, 3.05) is 6.61 Å². The highest BCUT2D eigenvalue weighted by Gasteiger charge is 2.34. The summed E-state index contributed by atoms with van der Waals surface area (Å²) in [5.74, 6) is 2.08. The van der Waals surface area contributed by atoms with Gasteiger partial charge in [0.1, 0.15) is 0 Å². The minimum atomic E-state index is 0.167. The first-order valence-corrected chi connectivity index (χ1v) is 7.18. The highest BCUT2D eigenvalue weighted by Crippen LogP contribution is 2.44. The molecule has 2 aliphatic carbocycles. The maximum atomic E-state index is 9.22. The molecule has 0 aromatic heterocycles. The van der Waals surface area contributed by atoms with Gasteiger partial charge in [-0.3, -0.25) is 0 Å². The molecule has 0 amide bonds. The quantitative estimate of drug-likeness (QED) is 0.707. The summed E-state index contributed by atoms with van der Waals surface area (Å²) in [4.78, 5) is 0. The number of allylic oxidation sites excluding steroid dienone is 2. The monoisotopic (exact) mass is 236 g/mol. The molecule has 17 heavy (non-hydrogen) atoms. The van der Waals surface area contributed by atoms with Crippen LogP contribution in [0, 0.1) is 17.8 Å². The van der Waals surface area contributed by atoms with Crippen molar-refractivity contribution < 1.29 is 5.11 Å². The highest BCUT2D eigenvalue weighted by molar-refractivity contribution is 5.16. The molecule has 1 nitrogen and oxygen atoms in total. The van der Waals surface area contributed by atoms with E-state index in [2.05, 4.69) is 19.6 Å². The van der Waals surface area contributed by atoms with Gasteiger partial charge < -0.3 is 5.11 Å². The van der Waals surface area contributed by atoms with Gasteiger partial charge in [0.15, 0.2) is 0 Å². The van der Waals surface area contributed by atoms with Gasteiger partial charge in [-0.15, -0.1) is 0 Å². The maximum Gasteiger partial charge on any atom is 0.0642 e. The van der Waals surface area contributed by atoms with Crippen LogP contribution in [0.15, 0.2) is 23.8 Å². The van der Waals surface area contributed by atoms with Crippen LogP contribution in [0.4, 0.5) is 0 Å². The van der Waals surface area contributed by atoms with Crippen molar-refractivity contribution in [3.05, 3.63) is 23.8 Å². The molecule has 2 rings (SSSR count). The molecule has 0 spiro atoms. The summed E-state index contributed by atoms with van der Waals surface area (Å²) in [6.45, 7) is 10.4. The second-order valence-corrected chi connectivity index (χ2v) is 5.24. The fourth-order valence-electron chi connectivity index (χ4n) is 3.32. The van der Waals surface area contributed by atoms with Crippen LogP contribution in [-0.4, -0.2) is 11.7 Å². The van der Waals surface area contributed by atoms with Crippen molar-refractivity contribution in [2.24, 2.45) is 17.8 Å². The average Bonchev–Trinajstić information content (AvgIpc) is 2.39. The molecule has 0 radical (unpaired) electrons. The molecule has 0 aliphatic heterocycles. The van der Waals surface area contributed by atoms with E-state index in [4.69, 9.17) is 0 Å². The van der Waals surface area contributed by atoms with E-state index in [1.165, 1.54) is 37.7 Å². The lowest BCUT2D eigenvalue weighted by atomic mass is 9.65. The largest absolute Gasteiger partial charge is 0.392 e.